The molecule has 0 radical (unpaired) electrons. The summed E-state index contributed by atoms with van der Waals surface area (Å²) in [5.74, 6) is -0.493. The number of hydrogen-bond donors (Lipinski definition) is 4. The summed E-state index contributed by atoms with van der Waals surface area (Å²) >= 11 is 0. The van der Waals surface area contributed by atoms with Crippen LogP contribution >= 0.6 is 0 Å². The van der Waals surface area contributed by atoms with E-state index in [2.05, 4.69) is 6.92 Å². The lowest BCUT2D eigenvalue weighted by Crippen LogP contribution is -2.59. The Balaban J connectivity index is 2.29. The number of aliphatic hydroxyl groups excluding tert-OH is 4. The van der Waals surface area contributed by atoms with Crippen molar-refractivity contribution in [3.05, 3.63) is 0 Å². The summed E-state index contributed by atoms with van der Waals surface area (Å²) in [6, 6.07) is 0. The zero-order valence-corrected chi connectivity index (χ0v) is 18.3. The molecule has 6 atom stereocenters. The van der Waals surface area contributed by atoms with Gasteiger partial charge in [-0.25, -0.2) is 0 Å². The summed E-state index contributed by atoms with van der Waals surface area (Å²) < 4.78 is 21.5. The Hall–Kier alpha value is -0.810. The van der Waals surface area contributed by atoms with Crippen LogP contribution in [0.3, 0.4) is 0 Å². The minimum absolute atomic E-state index is 0.125. The third kappa shape index (κ3) is 10.5. The lowest BCUT2D eigenvalue weighted by atomic mass is 9.99. The maximum absolute atomic E-state index is 11.3. The highest BCUT2D eigenvalue weighted by Gasteiger charge is 2.44. The van der Waals surface area contributed by atoms with Gasteiger partial charge >= 0.3 is 5.97 Å². The van der Waals surface area contributed by atoms with Crippen LogP contribution < -0.4 is 0 Å². The first-order valence-corrected chi connectivity index (χ1v) is 11.1. The third-order valence-corrected chi connectivity index (χ3v) is 5.07. The van der Waals surface area contributed by atoms with Crippen LogP contribution in [0.5, 0.6) is 0 Å². The largest absolute Gasteiger partial charge is 0.458 e. The van der Waals surface area contributed by atoms with Gasteiger partial charge in [-0.1, -0.05) is 51.9 Å². The van der Waals surface area contributed by atoms with Crippen molar-refractivity contribution in [1.29, 1.82) is 0 Å². The molecule has 4 N–H and O–H groups in total. The van der Waals surface area contributed by atoms with Gasteiger partial charge in [0.15, 0.2) is 6.29 Å². The predicted octanol–water partition coefficient (Wildman–Crippen LogP) is 0.892. The molecular formula is C21H40O9. The molecule has 0 aliphatic carbocycles. The summed E-state index contributed by atoms with van der Waals surface area (Å²) in [6.07, 6.45) is 2.04. The van der Waals surface area contributed by atoms with Crippen LogP contribution in [0.15, 0.2) is 0 Å². The Morgan fingerprint density at radius 3 is 2.17 bits per heavy atom. The summed E-state index contributed by atoms with van der Waals surface area (Å²) in [5, 5.41) is 38.8. The highest BCUT2D eigenvalue weighted by atomic mass is 16.7. The highest BCUT2D eigenvalue weighted by molar-refractivity contribution is 5.66. The fourth-order valence-corrected chi connectivity index (χ4v) is 3.31. The summed E-state index contributed by atoms with van der Waals surface area (Å²) in [5.41, 5.74) is 0. The molecule has 0 amide bonds. The van der Waals surface area contributed by atoms with Gasteiger partial charge in [0, 0.05) is 13.5 Å². The normalized spacial score (nSPS) is 27.7. The van der Waals surface area contributed by atoms with E-state index in [0.29, 0.717) is 6.61 Å². The lowest BCUT2D eigenvalue weighted by Gasteiger charge is -2.39. The van der Waals surface area contributed by atoms with Crippen LogP contribution in [0, 0.1) is 0 Å². The number of aliphatic hydroxyl groups is 4. The summed E-state index contributed by atoms with van der Waals surface area (Å²) in [6.45, 7) is 3.49. The Morgan fingerprint density at radius 2 is 1.57 bits per heavy atom. The van der Waals surface area contributed by atoms with Crippen LogP contribution in [0.1, 0.15) is 65.2 Å². The number of unbranched alkanes of at least 4 members (excludes halogenated alkanes) is 7. The van der Waals surface area contributed by atoms with Crippen LogP contribution in [0.2, 0.25) is 0 Å². The van der Waals surface area contributed by atoms with E-state index in [1.807, 2.05) is 0 Å². The molecule has 6 unspecified atom stereocenters. The number of hydrogen-bond acceptors (Lipinski definition) is 9. The molecule has 0 saturated carbocycles. The average molecular weight is 437 g/mol. The average Bonchev–Trinajstić information content (AvgIpc) is 2.72. The van der Waals surface area contributed by atoms with Gasteiger partial charge in [0.25, 0.3) is 0 Å². The van der Waals surface area contributed by atoms with E-state index in [0.717, 1.165) is 12.8 Å². The Kier molecular flexibility index (Phi) is 14.4. The highest BCUT2D eigenvalue weighted by Crippen LogP contribution is 2.22. The molecular weight excluding hydrogens is 396 g/mol. The summed E-state index contributed by atoms with van der Waals surface area (Å²) in [4.78, 5) is 11.3. The lowest BCUT2D eigenvalue weighted by molar-refractivity contribution is -0.305. The molecule has 9 nitrogen and oxygen atoms in total. The Bertz CT molecular complexity index is 446. The zero-order valence-electron chi connectivity index (χ0n) is 18.3. The molecule has 178 valence electrons. The monoisotopic (exact) mass is 436 g/mol. The van der Waals surface area contributed by atoms with Crippen molar-refractivity contribution in [3.8, 4) is 0 Å². The number of rotatable bonds is 16. The second-order valence-electron chi connectivity index (χ2n) is 7.81. The molecule has 1 heterocycles. The first-order chi connectivity index (χ1) is 14.4. The van der Waals surface area contributed by atoms with Gasteiger partial charge in [-0.15, -0.1) is 0 Å². The fourth-order valence-electron chi connectivity index (χ4n) is 3.31. The van der Waals surface area contributed by atoms with Crippen molar-refractivity contribution in [2.75, 3.05) is 26.4 Å². The van der Waals surface area contributed by atoms with E-state index in [1.165, 1.54) is 45.4 Å². The van der Waals surface area contributed by atoms with Gasteiger partial charge in [0.05, 0.1) is 19.8 Å². The van der Waals surface area contributed by atoms with Crippen LogP contribution in [-0.2, 0) is 23.7 Å². The number of carbonyl (C=O) groups is 1. The van der Waals surface area contributed by atoms with Crippen molar-refractivity contribution in [3.63, 3.8) is 0 Å². The maximum atomic E-state index is 11.3. The summed E-state index contributed by atoms with van der Waals surface area (Å²) in [7, 11) is 0. The topological polar surface area (TPSA) is 135 Å². The first kappa shape index (κ1) is 27.2. The van der Waals surface area contributed by atoms with Gasteiger partial charge in [0.2, 0.25) is 0 Å². The minimum atomic E-state index is -1.52. The van der Waals surface area contributed by atoms with Crippen molar-refractivity contribution >= 4 is 5.97 Å². The van der Waals surface area contributed by atoms with Crippen LogP contribution in [0.25, 0.3) is 0 Å². The van der Waals surface area contributed by atoms with E-state index in [1.54, 1.807) is 0 Å². The van der Waals surface area contributed by atoms with Gasteiger partial charge in [-0.2, -0.15) is 0 Å². The Labute approximate surface area is 179 Å². The molecule has 0 aromatic heterocycles. The van der Waals surface area contributed by atoms with Crippen LogP contribution in [0.4, 0.5) is 0 Å². The van der Waals surface area contributed by atoms with Gasteiger partial charge in [0.1, 0.15) is 30.5 Å². The zero-order chi connectivity index (χ0) is 22.4. The van der Waals surface area contributed by atoms with Crippen molar-refractivity contribution in [2.24, 2.45) is 0 Å². The number of ether oxygens (including phenoxy) is 4. The molecule has 0 aromatic rings. The van der Waals surface area contributed by atoms with E-state index >= 15 is 0 Å². The minimum Gasteiger partial charge on any atom is -0.458 e. The van der Waals surface area contributed by atoms with Gasteiger partial charge in [-0.05, 0) is 6.42 Å². The molecule has 9 heteroatoms. The molecule has 30 heavy (non-hydrogen) atoms. The van der Waals surface area contributed by atoms with E-state index in [4.69, 9.17) is 18.9 Å². The van der Waals surface area contributed by atoms with Crippen LogP contribution in [-0.4, -0.2) is 89.6 Å². The molecule has 0 bridgehead atoms. The molecule has 1 aliphatic heterocycles. The van der Waals surface area contributed by atoms with E-state index in [9.17, 15) is 25.2 Å². The van der Waals surface area contributed by atoms with Gasteiger partial charge in [-0.3, -0.25) is 4.79 Å². The molecule has 0 spiro atoms. The predicted molar refractivity (Wildman–Crippen MR) is 109 cm³/mol. The Morgan fingerprint density at radius 1 is 0.933 bits per heavy atom. The standard InChI is InChI=1S/C21H40O9/c1-3-4-5-6-7-8-9-10-11-27-13-16(29-15(2)23)14-28-21-20(26)19(25)18(24)17(12-22)30-21/h16-22,24-26H,3-14H2,1-2H3. The van der Waals surface area contributed by atoms with Crippen molar-refractivity contribution in [1.82, 2.24) is 0 Å². The third-order valence-electron chi connectivity index (χ3n) is 5.07. The maximum Gasteiger partial charge on any atom is 0.303 e. The van der Waals surface area contributed by atoms with Crippen molar-refractivity contribution < 1.29 is 44.2 Å². The molecule has 0 aromatic carbocycles. The van der Waals surface area contributed by atoms with E-state index in [-0.39, 0.29) is 13.2 Å². The molecule has 1 aliphatic rings. The number of esters is 1. The fraction of sp³-hybridized carbons (Fsp3) is 0.952. The SMILES string of the molecule is CCCCCCCCCCOCC(COC1OC(CO)C(O)C(O)C1O)OC(C)=O. The second kappa shape index (κ2) is 15.9. The molecule has 1 rings (SSSR count). The quantitative estimate of drug-likeness (QED) is 0.205. The number of carbonyl (C=O) groups excluding carboxylic acids is 1. The van der Waals surface area contributed by atoms with Crippen molar-refractivity contribution in [2.45, 2.75) is 102 Å². The molecule has 1 saturated heterocycles. The van der Waals surface area contributed by atoms with Gasteiger partial charge < -0.3 is 39.4 Å². The first-order valence-electron chi connectivity index (χ1n) is 11.1. The van der Waals surface area contributed by atoms with E-state index < -0.39 is 49.4 Å². The second-order valence-corrected chi connectivity index (χ2v) is 7.81. The molecule has 1 fully saturated rings. The smallest absolute Gasteiger partial charge is 0.303 e.